The lowest BCUT2D eigenvalue weighted by molar-refractivity contribution is -0.141. The Balaban J connectivity index is 1.49. The van der Waals surface area contributed by atoms with Gasteiger partial charge in [0.25, 0.3) is 11.8 Å². The molecule has 0 spiro atoms. The topological polar surface area (TPSA) is 64.1 Å². The summed E-state index contributed by atoms with van der Waals surface area (Å²) in [5.41, 5.74) is 2.15. The van der Waals surface area contributed by atoms with Crippen LogP contribution >= 0.6 is 11.3 Å². The van der Waals surface area contributed by atoms with Gasteiger partial charge in [0.2, 0.25) is 0 Å². The Bertz CT molecular complexity index is 918. The highest BCUT2D eigenvalue weighted by molar-refractivity contribution is 7.11. The van der Waals surface area contributed by atoms with Gasteiger partial charge in [-0.25, -0.2) is 0 Å². The highest BCUT2D eigenvalue weighted by atomic mass is 32.1. The first-order valence-corrected chi connectivity index (χ1v) is 11.2. The van der Waals surface area contributed by atoms with E-state index in [0.29, 0.717) is 17.8 Å². The number of hydrogen-bond donors (Lipinski definition) is 1. The fourth-order valence-corrected chi connectivity index (χ4v) is 5.07. The van der Waals surface area contributed by atoms with Gasteiger partial charge in [0.15, 0.2) is 0 Å². The third kappa shape index (κ3) is 4.05. The minimum Gasteiger partial charge on any atom is -0.395 e. The highest BCUT2D eigenvalue weighted by Gasteiger charge is 2.45. The molecule has 2 aromatic rings. The summed E-state index contributed by atoms with van der Waals surface area (Å²) >= 11 is 1.46. The van der Waals surface area contributed by atoms with E-state index in [1.54, 1.807) is 11.9 Å². The maximum Gasteiger partial charge on any atom is 0.278 e. The summed E-state index contributed by atoms with van der Waals surface area (Å²) in [5, 5.41) is 11.3. The molecular formula is C23H27N3O3S. The van der Waals surface area contributed by atoms with Crippen molar-refractivity contribution in [3.8, 4) is 0 Å². The number of likely N-dealkylation sites (N-methyl/N-ethyl adjacent to an activating group) is 1. The number of aliphatic hydroxyl groups is 1. The van der Waals surface area contributed by atoms with Crippen LogP contribution in [-0.4, -0.2) is 71.0 Å². The van der Waals surface area contributed by atoms with E-state index >= 15 is 0 Å². The molecule has 2 amide bonds. The Hall–Kier alpha value is -2.48. The van der Waals surface area contributed by atoms with Crippen molar-refractivity contribution in [3.05, 3.63) is 64.0 Å². The van der Waals surface area contributed by atoms with E-state index in [9.17, 15) is 14.7 Å². The van der Waals surface area contributed by atoms with E-state index in [2.05, 4.69) is 17.0 Å². The molecule has 1 aromatic heterocycles. The van der Waals surface area contributed by atoms with Crippen LogP contribution < -0.4 is 0 Å². The number of carbonyl (C=O) groups excluding carboxylic acids is 2. The van der Waals surface area contributed by atoms with Crippen LogP contribution in [0.25, 0.3) is 5.57 Å². The van der Waals surface area contributed by atoms with E-state index in [4.69, 9.17) is 0 Å². The van der Waals surface area contributed by atoms with Crippen molar-refractivity contribution in [1.29, 1.82) is 0 Å². The fraction of sp³-hybridized carbons (Fsp3) is 0.391. The molecule has 0 bridgehead atoms. The van der Waals surface area contributed by atoms with Crippen LogP contribution in [-0.2, 0) is 16.1 Å². The molecule has 1 aromatic carbocycles. The number of aliphatic hydroxyl groups excluding tert-OH is 1. The second kappa shape index (κ2) is 9.12. The molecule has 0 saturated carbocycles. The number of thiophene rings is 1. The van der Waals surface area contributed by atoms with Crippen molar-refractivity contribution in [2.75, 3.05) is 33.3 Å². The lowest BCUT2D eigenvalue weighted by atomic mass is 10.0. The minimum atomic E-state index is -0.235. The van der Waals surface area contributed by atoms with Crippen LogP contribution in [0.5, 0.6) is 0 Å². The van der Waals surface area contributed by atoms with Crippen molar-refractivity contribution in [2.45, 2.75) is 25.4 Å². The van der Waals surface area contributed by atoms with Gasteiger partial charge >= 0.3 is 0 Å². The largest absolute Gasteiger partial charge is 0.395 e. The molecule has 4 rings (SSSR count). The number of nitrogens with zero attached hydrogens (tertiary/aromatic N) is 3. The molecule has 0 unspecified atom stereocenters. The van der Waals surface area contributed by atoms with Gasteiger partial charge in [-0.2, -0.15) is 0 Å². The summed E-state index contributed by atoms with van der Waals surface area (Å²) in [6, 6.07) is 14.0. The maximum absolute atomic E-state index is 13.4. The van der Waals surface area contributed by atoms with Gasteiger partial charge in [0.05, 0.1) is 12.2 Å². The lowest BCUT2D eigenvalue weighted by Gasteiger charge is -2.36. The van der Waals surface area contributed by atoms with E-state index in [-0.39, 0.29) is 24.5 Å². The molecule has 30 heavy (non-hydrogen) atoms. The van der Waals surface area contributed by atoms with Crippen molar-refractivity contribution in [2.24, 2.45) is 0 Å². The number of piperidine rings is 1. The Morgan fingerprint density at radius 3 is 2.43 bits per heavy atom. The van der Waals surface area contributed by atoms with Gasteiger partial charge in [-0.15, -0.1) is 11.3 Å². The van der Waals surface area contributed by atoms with Crippen molar-refractivity contribution < 1.29 is 14.7 Å². The second-order valence-electron chi connectivity index (χ2n) is 7.82. The van der Waals surface area contributed by atoms with Gasteiger partial charge in [-0.3, -0.25) is 19.4 Å². The number of rotatable bonds is 7. The average molecular weight is 426 g/mol. The predicted octanol–water partition coefficient (Wildman–Crippen LogP) is 2.42. The lowest BCUT2D eigenvalue weighted by Crippen LogP contribution is -2.48. The van der Waals surface area contributed by atoms with E-state index in [1.807, 2.05) is 35.7 Å². The van der Waals surface area contributed by atoms with Crippen LogP contribution in [0, 0.1) is 0 Å². The predicted molar refractivity (Wildman–Crippen MR) is 118 cm³/mol. The molecule has 1 saturated heterocycles. The second-order valence-corrected chi connectivity index (χ2v) is 8.77. The van der Waals surface area contributed by atoms with Gasteiger partial charge in [0.1, 0.15) is 5.70 Å². The first kappa shape index (κ1) is 20.8. The Morgan fingerprint density at radius 1 is 1.07 bits per heavy atom. The molecule has 0 aliphatic carbocycles. The highest BCUT2D eigenvalue weighted by Crippen LogP contribution is 2.36. The Morgan fingerprint density at radius 2 is 1.80 bits per heavy atom. The molecule has 1 N–H and O–H groups in total. The van der Waals surface area contributed by atoms with Crippen LogP contribution in [0.3, 0.4) is 0 Å². The number of imide groups is 1. The quantitative estimate of drug-likeness (QED) is 0.691. The molecule has 2 aliphatic heterocycles. The first-order valence-electron chi connectivity index (χ1n) is 10.3. The summed E-state index contributed by atoms with van der Waals surface area (Å²) < 4.78 is 0. The van der Waals surface area contributed by atoms with Crippen LogP contribution in [0.4, 0.5) is 0 Å². The normalized spacial score (nSPS) is 18.5. The van der Waals surface area contributed by atoms with Gasteiger partial charge < -0.3 is 10.0 Å². The number of likely N-dealkylation sites (tertiary alicyclic amines) is 1. The average Bonchev–Trinajstić information content (AvgIpc) is 3.36. The molecule has 1 fully saturated rings. The van der Waals surface area contributed by atoms with Crippen molar-refractivity contribution in [3.63, 3.8) is 0 Å². The zero-order chi connectivity index (χ0) is 21.1. The van der Waals surface area contributed by atoms with Crippen molar-refractivity contribution in [1.82, 2.24) is 14.7 Å². The molecule has 158 valence electrons. The smallest absolute Gasteiger partial charge is 0.278 e. The zero-order valence-corrected chi connectivity index (χ0v) is 18.0. The molecular weight excluding hydrogens is 398 g/mol. The molecule has 6 nitrogen and oxygen atoms in total. The summed E-state index contributed by atoms with van der Waals surface area (Å²) in [6.07, 6.45) is 1.55. The van der Waals surface area contributed by atoms with Crippen LogP contribution in [0.15, 0.2) is 53.5 Å². The van der Waals surface area contributed by atoms with Crippen molar-refractivity contribution >= 4 is 28.7 Å². The van der Waals surface area contributed by atoms with Crippen LogP contribution in [0.2, 0.25) is 0 Å². The molecule has 2 aliphatic rings. The third-order valence-corrected chi connectivity index (χ3v) is 6.73. The summed E-state index contributed by atoms with van der Waals surface area (Å²) in [4.78, 5) is 33.0. The number of hydrogen-bond acceptors (Lipinski definition) is 6. The van der Waals surface area contributed by atoms with E-state index in [1.165, 1.54) is 21.8 Å². The molecule has 0 radical (unpaired) electrons. The number of benzene rings is 1. The molecule has 3 heterocycles. The van der Waals surface area contributed by atoms with E-state index < -0.39 is 0 Å². The first-order chi connectivity index (χ1) is 14.6. The van der Waals surface area contributed by atoms with Gasteiger partial charge in [-0.05, 0) is 29.9 Å². The zero-order valence-electron chi connectivity index (χ0n) is 17.2. The third-order valence-electron chi connectivity index (χ3n) is 5.85. The fourth-order valence-electron chi connectivity index (χ4n) is 4.30. The van der Waals surface area contributed by atoms with Crippen LogP contribution in [0.1, 0.15) is 23.3 Å². The SMILES string of the molecule is CN(CCO)C1=C(c2cccs2)C(=O)N(C2CCN(Cc3ccccc3)CC2)C1=O. The summed E-state index contributed by atoms with van der Waals surface area (Å²) in [5.74, 6) is -0.440. The Labute approximate surface area is 181 Å². The Kier molecular flexibility index (Phi) is 6.32. The van der Waals surface area contributed by atoms with E-state index in [0.717, 1.165) is 37.4 Å². The number of carbonyl (C=O) groups is 2. The summed E-state index contributed by atoms with van der Waals surface area (Å²) in [6.45, 7) is 2.84. The minimum absolute atomic E-state index is 0.0724. The molecule has 7 heteroatoms. The van der Waals surface area contributed by atoms with Gasteiger partial charge in [0, 0.05) is 44.1 Å². The van der Waals surface area contributed by atoms with Gasteiger partial charge in [-0.1, -0.05) is 36.4 Å². The maximum atomic E-state index is 13.4. The monoisotopic (exact) mass is 425 g/mol. The summed E-state index contributed by atoms with van der Waals surface area (Å²) in [7, 11) is 1.76. The standard InChI is InChI=1S/C23H27N3O3S/c1-24(13-14-27)21-20(19-8-5-15-30-19)22(28)26(23(21)29)18-9-11-25(12-10-18)16-17-6-3-2-4-7-17/h2-8,15,18,27H,9-14,16H2,1H3. The molecule has 0 atom stereocenters. The number of amides is 2.